The molecule has 0 saturated carbocycles. The van der Waals surface area contributed by atoms with Gasteiger partial charge in [-0.2, -0.15) is 0 Å². The predicted octanol–water partition coefficient (Wildman–Crippen LogP) is 0.458. The SMILES string of the molecule is CC(C)[C@H](NS(=O)(=O)c1ccc2c3c(cccc13)C(=O)N2)C(=O)[O-]. The Kier molecular flexibility index (Phi) is 3.81. The van der Waals surface area contributed by atoms with E-state index in [1.54, 1.807) is 32.0 Å². The van der Waals surface area contributed by atoms with Crippen molar-refractivity contribution < 1.29 is 23.1 Å². The number of amides is 1. The van der Waals surface area contributed by atoms with E-state index in [1.165, 1.54) is 12.1 Å². The van der Waals surface area contributed by atoms with Gasteiger partial charge in [0.1, 0.15) is 0 Å². The van der Waals surface area contributed by atoms with Gasteiger partial charge in [-0.25, -0.2) is 13.1 Å². The summed E-state index contributed by atoms with van der Waals surface area (Å²) in [6.45, 7) is 3.16. The molecule has 7 nitrogen and oxygen atoms in total. The molecule has 2 aromatic rings. The number of carboxylic acid groups (broad SMARTS) is 1. The van der Waals surface area contributed by atoms with Gasteiger partial charge in [0.2, 0.25) is 10.0 Å². The second-order valence-corrected chi connectivity index (χ2v) is 7.64. The molecule has 0 spiro atoms. The number of rotatable bonds is 5. The molecule has 0 bridgehead atoms. The second-order valence-electron chi connectivity index (χ2n) is 5.96. The van der Waals surface area contributed by atoms with E-state index in [-0.39, 0.29) is 10.8 Å². The first-order chi connectivity index (χ1) is 11.2. The van der Waals surface area contributed by atoms with Gasteiger partial charge in [0.25, 0.3) is 5.91 Å². The van der Waals surface area contributed by atoms with Gasteiger partial charge in [-0.1, -0.05) is 26.0 Å². The average molecular weight is 347 g/mol. The van der Waals surface area contributed by atoms with Crippen LogP contribution in [0.3, 0.4) is 0 Å². The van der Waals surface area contributed by atoms with Crippen LogP contribution in [0, 0.1) is 5.92 Å². The Morgan fingerprint density at radius 1 is 1.21 bits per heavy atom. The molecule has 126 valence electrons. The highest BCUT2D eigenvalue weighted by atomic mass is 32.2. The smallest absolute Gasteiger partial charge is 0.256 e. The summed E-state index contributed by atoms with van der Waals surface area (Å²) in [6.07, 6.45) is 0. The van der Waals surface area contributed by atoms with E-state index in [9.17, 15) is 23.1 Å². The molecule has 0 fully saturated rings. The fourth-order valence-corrected chi connectivity index (χ4v) is 4.32. The highest BCUT2D eigenvalue weighted by Gasteiger charge is 2.28. The van der Waals surface area contributed by atoms with Crippen molar-refractivity contribution in [3.8, 4) is 0 Å². The van der Waals surface area contributed by atoms with Gasteiger partial charge in [0, 0.05) is 22.0 Å². The number of carbonyl (C=O) groups excluding carboxylic acids is 2. The maximum absolute atomic E-state index is 12.7. The molecule has 1 amide bonds. The highest BCUT2D eigenvalue weighted by Crippen LogP contribution is 2.36. The van der Waals surface area contributed by atoms with Crippen LogP contribution in [-0.2, 0) is 14.8 Å². The standard InChI is InChI=1S/C16H16N2O5S/c1-8(2)14(16(20)21)18-24(22,23)12-7-6-11-13-9(12)4-3-5-10(13)15(19)17-11/h3-8,14,18H,1-2H3,(H,17,19)(H,20,21)/p-1/t14-/m0/s1. The third-order valence-electron chi connectivity index (χ3n) is 3.99. The minimum absolute atomic E-state index is 0.0773. The molecular formula is C16H15N2O5S-. The zero-order valence-electron chi connectivity index (χ0n) is 13.0. The van der Waals surface area contributed by atoms with Crippen molar-refractivity contribution in [2.24, 2.45) is 5.92 Å². The molecule has 8 heteroatoms. The lowest BCUT2D eigenvalue weighted by molar-refractivity contribution is -0.309. The Morgan fingerprint density at radius 3 is 2.54 bits per heavy atom. The lowest BCUT2D eigenvalue weighted by atomic mass is 10.1. The molecule has 2 N–H and O–H groups in total. The molecule has 1 heterocycles. The maximum Gasteiger partial charge on any atom is 0.256 e. The minimum atomic E-state index is -4.11. The lowest BCUT2D eigenvalue weighted by Gasteiger charge is -2.23. The number of benzene rings is 2. The molecule has 1 aliphatic rings. The van der Waals surface area contributed by atoms with E-state index in [2.05, 4.69) is 10.0 Å². The number of sulfonamides is 1. The van der Waals surface area contributed by atoms with Crippen molar-refractivity contribution >= 4 is 38.4 Å². The molecule has 2 aromatic carbocycles. The minimum Gasteiger partial charge on any atom is -0.548 e. The summed E-state index contributed by atoms with van der Waals surface area (Å²) in [5.74, 6) is -2.27. The number of nitrogens with one attached hydrogen (secondary N) is 2. The van der Waals surface area contributed by atoms with E-state index >= 15 is 0 Å². The van der Waals surface area contributed by atoms with Crippen molar-refractivity contribution in [3.05, 3.63) is 35.9 Å². The fraction of sp³-hybridized carbons (Fsp3) is 0.250. The number of carbonyl (C=O) groups is 2. The highest BCUT2D eigenvalue weighted by molar-refractivity contribution is 7.89. The van der Waals surface area contributed by atoms with Crippen molar-refractivity contribution in [1.29, 1.82) is 0 Å². The number of hydrogen-bond donors (Lipinski definition) is 2. The van der Waals surface area contributed by atoms with Crippen LogP contribution in [0.15, 0.2) is 35.2 Å². The summed E-state index contributed by atoms with van der Waals surface area (Å²) in [7, 11) is -4.11. The van der Waals surface area contributed by atoms with Gasteiger partial charge in [0.05, 0.1) is 16.9 Å². The van der Waals surface area contributed by atoms with Crippen molar-refractivity contribution in [2.45, 2.75) is 24.8 Å². The summed E-state index contributed by atoms with van der Waals surface area (Å²) in [5.41, 5.74) is 0.921. The van der Waals surface area contributed by atoms with E-state index in [0.29, 0.717) is 22.0 Å². The first-order valence-electron chi connectivity index (χ1n) is 7.32. The summed E-state index contributed by atoms with van der Waals surface area (Å²) in [5, 5.41) is 14.7. The van der Waals surface area contributed by atoms with E-state index < -0.39 is 28.0 Å². The van der Waals surface area contributed by atoms with Gasteiger partial charge in [-0.3, -0.25) is 4.79 Å². The molecular weight excluding hydrogens is 332 g/mol. The summed E-state index contributed by atoms with van der Waals surface area (Å²) in [4.78, 5) is 23.0. The van der Waals surface area contributed by atoms with Crippen LogP contribution in [0.2, 0.25) is 0 Å². The third kappa shape index (κ3) is 2.53. The van der Waals surface area contributed by atoms with Gasteiger partial charge in [-0.15, -0.1) is 0 Å². The van der Waals surface area contributed by atoms with Crippen LogP contribution in [0.5, 0.6) is 0 Å². The molecule has 0 aliphatic carbocycles. The molecule has 0 saturated heterocycles. The van der Waals surface area contributed by atoms with Gasteiger partial charge in [0.15, 0.2) is 0 Å². The Labute approximate surface area is 138 Å². The zero-order chi connectivity index (χ0) is 17.6. The first kappa shape index (κ1) is 16.4. The Bertz CT molecular complexity index is 966. The number of carboxylic acids is 1. The van der Waals surface area contributed by atoms with Crippen LogP contribution in [0.1, 0.15) is 24.2 Å². The largest absolute Gasteiger partial charge is 0.548 e. The van der Waals surface area contributed by atoms with Crippen LogP contribution < -0.4 is 15.1 Å². The molecule has 0 radical (unpaired) electrons. The predicted molar refractivity (Wildman–Crippen MR) is 85.9 cm³/mol. The zero-order valence-corrected chi connectivity index (χ0v) is 13.8. The Balaban J connectivity index is 2.15. The second kappa shape index (κ2) is 5.57. The van der Waals surface area contributed by atoms with E-state index in [1.807, 2.05) is 0 Å². The normalized spacial score (nSPS) is 14.9. The topological polar surface area (TPSA) is 115 Å². The molecule has 1 aliphatic heterocycles. The van der Waals surface area contributed by atoms with Crippen LogP contribution in [0.4, 0.5) is 5.69 Å². The van der Waals surface area contributed by atoms with Crippen LogP contribution in [-0.4, -0.2) is 26.3 Å². The summed E-state index contributed by atoms with van der Waals surface area (Å²) >= 11 is 0. The molecule has 0 aromatic heterocycles. The first-order valence-corrected chi connectivity index (χ1v) is 8.81. The van der Waals surface area contributed by atoms with E-state index in [4.69, 9.17) is 0 Å². The molecule has 24 heavy (non-hydrogen) atoms. The quantitative estimate of drug-likeness (QED) is 0.815. The van der Waals surface area contributed by atoms with Crippen LogP contribution in [0.25, 0.3) is 10.8 Å². The molecule has 1 atom stereocenters. The van der Waals surface area contributed by atoms with E-state index in [0.717, 1.165) is 0 Å². The number of aliphatic carboxylic acids is 1. The third-order valence-corrected chi connectivity index (χ3v) is 5.48. The fourth-order valence-electron chi connectivity index (χ4n) is 2.78. The van der Waals surface area contributed by atoms with Crippen molar-refractivity contribution in [1.82, 2.24) is 4.72 Å². The van der Waals surface area contributed by atoms with Gasteiger partial charge in [-0.05, 0) is 24.1 Å². The number of hydrogen-bond acceptors (Lipinski definition) is 5. The summed E-state index contributed by atoms with van der Waals surface area (Å²) < 4.78 is 27.5. The molecule has 0 unspecified atom stereocenters. The number of anilines is 1. The lowest BCUT2D eigenvalue weighted by Crippen LogP contribution is -2.50. The van der Waals surface area contributed by atoms with Gasteiger partial charge < -0.3 is 15.2 Å². The monoisotopic (exact) mass is 347 g/mol. The Morgan fingerprint density at radius 2 is 1.92 bits per heavy atom. The average Bonchev–Trinajstić information content (AvgIpc) is 2.83. The summed E-state index contributed by atoms with van der Waals surface area (Å²) in [6, 6.07) is 6.27. The Hall–Kier alpha value is -2.45. The van der Waals surface area contributed by atoms with Crippen LogP contribution >= 0.6 is 0 Å². The van der Waals surface area contributed by atoms with Gasteiger partial charge >= 0.3 is 0 Å². The maximum atomic E-state index is 12.7. The molecule has 3 rings (SSSR count). The van der Waals surface area contributed by atoms with Crippen molar-refractivity contribution in [3.63, 3.8) is 0 Å². The van der Waals surface area contributed by atoms with Crippen molar-refractivity contribution in [2.75, 3.05) is 5.32 Å².